The van der Waals surface area contributed by atoms with Crippen molar-refractivity contribution in [2.24, 2.45) is 10.7 Å². The Bertz CT molecular complexity index is 1070. The first-order chi connectivity index (χ1) is 14.3. The number of alkyl halides is 3. The number of Topliss-reactive ketones (excluding diaryl/α,β-unsaturated/α-hetero) is 1. The van der Waals surface area contributed by atoms with Gasteiger partial charge in [-0.05, 0) is 39.8 Å². The number of halogens is 4. The van der Waals surface area contributed by atoms with Gasteiger partial charge in [0.25, 0.3) is 0 Å². The maximum absolute atomic E-state index is 14.6. The van der Waals surface area contributed by atoms with E-state index in [9.17, 15) is 22.4 Å². The third-order valence-electron chi connectivity index (χ3n) is 5.13. The molecule has 1 aliphatic heterocycles. The number of nitrogens with two attached hydrogens (primary N) is 1. The van der Waals surface area contributed by atoms with E-state index in [2.05, 4.69) is 19.9 Å². The van der Waals surface area contributed by atoms with E-state index in [0.29, 0.717) is 11.4 Å². The van der Waals surface area contributed by atoms with Crippen molar-refractivity contribution < 1.29 is 27.1 Å². The highest BCUT2D eigenvalue weighted by molar-refractivity contribution is 5.96. The fraction of sp³-hybridized carbons (Fsp3) is 0.450. The van der Waals surface area contributed by atoms with Crippen molar-refractivity contribution in [2.75, 3.05) is 6.61 Å². The molecule has 3 rings (SSSR count). The van der Waals surface area contributed by atoms with Gasteiger partial charge in [-0.2, -0.15) is 13.2 Å². The standard InChI is InChI=1S/C20H21F4N5O2/c1-10-8-26-15(11(2)27-10)14(30)7-12-5-6-13(21)16(28-12)18(3)9-31-19(4,17(25)29-18)20(22,23)24/h5-6,8H,7,9H2,1-4H3,(H2,25,29)/t18-,19+/m0/s1. The fourth-order valence-electron chi connectivity index (χ4n) is 3.19. The molecular formula is C20H21F4N5O2. The monoisotopic (exact) mass is 439 g/mol. The quantitative estimate of drug-likeness (QED) is 0.580. The molecule has 0 aliphatic carbocycles. The minimum atomic E-state index is -4.80. The van der Waals surface area contributed by atoms with Gasteiger partial charge >= 0.3 is 6.18 Å². The predicted octanol–water partition coefficient (Wildman–Crippen LogP) is 2.98. The molecule has 0 radical (unpaired) electrons. The molecule has 2 aromatic rings. The minimum absolute atomic E-state index is 0.161. The van der Waals surface area contributed by atoms with Gasteiger partial charge in [-0.25, -0.2) is 9.37 Å². The van der Waals surface area contributed by atoms with Crippen molar-refractivity contribution in [3.8, 4) is 0 Å². The van der Waals surface area contributed by atoms with Crippen LogP contribution in [0.1, 0.15) is 47.1 Å². The van der Waals surface area contributed by atoms with Crippen LogP contribution in [-0.4, -0.2) is 45.0 Å². The number of aryl methyl sites for hydroxylation is 2. The zero-order chi connectivity index (χ0) is 23.2. The Kier molecular flexibility index (Phi) is 5.59. The molecule has 11 heteroatoms. The first-order valence-corrected chi connectivity index (χ1v) is 9.32. The number of carbonyl (C=O) groups excluding carboxylic acids is 1. The van der Waals surface area contributed by atoms with E-state index in [1.807, 2.05) is 0 Å². The molecule has 0 unspecified atom stereocenters. The lowest BCUT2D eigenvalue weighted by molar-refractivity contribution is -0.249. The van der Waals surface area contributed by atoms with Gasteiger partial charge < -0.3 is 10.5 Å². The second kappa shape index (κ2) is 7.63. The molecule has 2 N–H and O–H groups in total. The lowest BCUT2D eigenvalue weighted by Gasteiger charge is -2.40. The molecule has 0 fully saturated rings. The molecular weight excluding hydrogens is 418 g/mol. The van der Waals surface area contributed by atoms with Crippen LogP contribution in [0.4, 0.5) is 17.6 Å². The van der Waals surface area contributed by atoms with Crippen LogP contribution in [0.25, 0.3) is 0 Å². The van der Waals surface area contributed by atoms with E-state index in [1.165, 1.54) is 19.2 Å². The first kappa shape index (κ1) is 22.7. The second-order valence-electron chi connectivity index (χ2n) is 7.77. The lowest BCUT2D eigenvalue weighted by atomic mass is 9.93. The molecule has 0 saturated heterocycles. The Hall–Kier alpha value is -2.95. The van der Waals surface area contributed by atoms with Crippen molar-refractivity contribution in [1.82, 2.24) is 15.0 Å². The van der Waals surface area contributed by atoms with Crippen LogP contribution in [0.3, 0.4) is 0 Å². The number of ether oxygens (including phenoxy) is 1. The van der Waals surface area contributed by atoms with Crippen LogP contribution in [0.2, 0.25) is 0 Å². The van der Waals surface area contributed by atoms with Gasteiger partial charge in [0.2, 0.25) is 5.60 Å². The fourth-order valence-corrected chi connectivity index (χ4v) is 3.19. The highest BCUT2D eigenvalue weighted by atomic mass is 19.4. The summed E-state index contributed by atoms with van der Waals surface area (Å²) in [4.78, 5) is 29.0. The van der Waals surface area contributed by atoms with Crippen LogP contribution >= 0.6 is 0 Å². The average molecular weight is 439 g/mol. The molecule has 0 amide bonds. The van der Waals surface area contributed by atoms with E-state index in [1.54, 1.807) is 13.8 Å². The molecule has 0 bridgehead atoms. The molecule has 31 heavy (non-hydrogen) atoms. The van der Waals surface area contributed by atoms with E-state index in [0.717, 1.165) is 13.0 Å². The molecule has 0 aromatic carbocycles. The second-order valence-corrected chi connectivity index (χ2v) is 7.77. The lowest BCUT2D eigenvalue weighted by Crippen LogP contribution is -2.60. The Balaban J connectivity index is 1.94. The SMILES string of the molecule is Cc1cnc(C(=O)Cc2ccc(F)c([C@]3(C)CO[C@@](C)(C(F)(F)F)C(N)=N3)n2)c(C)n1. The van der Waals surface area contributed by atoms with Crippen LogP contribution in [0, 0.1) is 19.7 Å². The Labute approximate surface area is 175 Å². The molecule has 7 nitrogen and oxygen atoms in total. The summed E-state index contributed by atoms with van der Waals surface area (Å²) >= 11 is 0. The van der Waals surface area contributed by atoms with Crippen molar-refractivity contribution in [1.29, 1.82) is 0 Å². The molecule has 1 aliphatic rings. The molecule has 2 aromatic heterocycles. The van der Waals surface area contributed by atoms with Crippen LogP contribution in [0.15, 0.2) is 23.3 Å². The number of rotatable bonds is 4. The smallest absolute Gasteiger partial charge is 0.385 e. The van der Waals surface area contributed by atoms with Gasteiger partial charge in [-0.15, -0.1) is 0 Å². The largest absolute Gasteiger partial charge is 0.424 e. The summed E-state index contributed by atoms with van der Waals surface area (Å²) in [6, 6.07) is 2.39. The number of ketones is 1. The average Bonchev–Trinajstić information content (AvgIpc) is 2.65. The number of pyridine rings is 1. The van der Waals surface area contributed by atoms with Crippen molar-refractivity contribution in [2.45, 2.75) is 51.4 Å². The molecule has 2 atom stereocenters. The normalized spacial score (nSPS) is 24.1. The van der Waals surface area contributed by atoms with Gasteiger partial charge in [-0.3, -0.25) is 19.8 Å². The first-order valence-electron chi connectivity index (χ1n) is 9.32. The summed E-state index contributed by atoms with van der Waals surface area (Å²) in [7, 11) is 0. The number of hydrogen-bond acceptors (Lipinski definition) is 7. The number of aromatic nitrogens is 3. The van der Waals surface area contributed by atoms with E-state index in [-0.39, 0.29) is 29.3 Å². The Morgan fingerprint density at radius 3 is 2.48 bits per heavy atom. The topological polar surface area (TPSA) is 103 Å². The molecule has 3 heterocycles. The van der Waals surface area contributed by atoms with Crippen LogP contribution in [-0.2, 0) is 16.7 Å². The zero-order valence-electron chi connectivity index (χ0n) is 17.3. The number of hydrogen-bond donors (Lipinski definition) is 1. The van der Waals surface area contributed by atoms with E-state index in [4.69, 9.17) is 10.5 Å². The van der Waals surface area contributed by atoms with Gasteiger partial charge in [0.1, 0.15) is 28.6 Å². The van der Waals surface area contributed by atoms with Crippen molar-refractivity contribution in [3.63, 3.8) is 0 Å². The molecule has 0 spiro atoms. The number of aliphatic imine (C=N–C) groups is 1. The zero-order valence-corrected chi connectivity index (χ0v) is 17.3. The number of carbonyl (C=O) groups is 1. The Morgan fingerprint density at radius 1 is 1.23 bits per heavy atom. The van der Waals surface area contributed by atoms with Crippen LogP contribution in [0.5, 0.6) is 0 Å². The molecule has 166 valence electrons. The highest BCUT2D eigenvalue weighted by Crippen LogP contribution is 2.40. The summed E-state index contributed by atoms with van der Waals surface area (Å²) < 4.78 is 59.5. The highest BCUT2D eigenvalue weighted by Gasteiger charge is 2.59. The maximum atomic E-state index is 14.6. The summed E-state index contributed by atoms with van der Waals surface area (Å²) in [6.45, 7) is 4.91. The summed E-state index contributed by atoms with van der Waals surface area (Å²) in [5.74, 6) is -2.02. The third kappa shape index (κ3) is 4.14. The van der Waals surface area contributed by atoms with Gasteiger partial charge in [0, 0.05) is 11.9 Å². The van der Waals surface area contributed by atoms with E-state index >= 15 is 0 Å². The third-order valence-corrected chi connectivity index (χ3v) is 5.13. The van der Waals surface area contributed by atoms with Gasteiger partial charge in [0.15, 0.2) is 5.78 Å². The summed E-state index contributed by atoms with van der Waals surface area (Å²) in [5.41, 5.74) is 2.39. The summed E-state index contributed by atoms with van der Waals surface area (Å²) in [6.07, 6.45) is -3.54. The Morgan fingerprint density at radius 2 is 1.90 bits per heavy atom. The summed E-state index contributed by atoms with van der Waals surface area (Å²) in [5, 5.41) is 0. The number of amidine groups is 1. The van der Waals surface area contributed by atoms with E-state index < -0.39 is 35.6 Å². The minimum Gasteiger partial charge on any atom is -0.385 e. The van der Waals surface area contributed by atoms with Gasteiger partial charge in [-0.1, -0.05) is 0 Å². The number of nitrogens with zero attached hydrogens (tertiary/aromatic N) is 4. The van der Waals surface area contributed by atoms with Gasteiger partial charge in [0.05, 0.1) is 24.4 Å². The molecule has 0 saturated carbocycles. The van der Waals surface area contributed by atoms with Crippen molar-refractivity contribution in [3.05, 3.63) is 52.6 Å². The van der Waals surface area contributed by atoms with Crippen molar-refractivity contribution >= 4 is 11.6 Å². The predicted molar refractivity (Wildman–Crippen MR) is 103 cm³/mol. The van der Waals surface area contributed by atoms with Crippen LogP contribution < -0.4 is 5.73 Å². The maximum Gasteiger partial charge on any atom is 0.424 e.